The molecule has 0 aliphatic rings. The van der Waals surface area contributed by atoms with Crippen LogP contribution >= 0.6 is 0 Å². The van der Waals surface area contributed by atoms with Crippen LogP contribution in [0, 0.1) is 5.82 Å². The third-order valence-corrected chi connectivity index (χ3v) is 3.85. The molecule has 0 aliphatic heterocycles. The normalized spacial score (nSPS) is 13.5. The smallest absolute Gasteiger partial charge is 0.242 e. The molecule has 0 spiro atoms. The Balaban J connectivity index is 1.63. The molecule has 124 valence electrons. The van der Waals surface area contributed by atoms with Gasteiger partial charge in [0.25, 0.3) is 0 Å². The summed E-state index contributed by atoms with van der Waals surface area (Å²) in [5, 5.41) is 6.97. The molecule has 1 amide bonds. The number of amides is 1. The molecule has 2 atom stereocenters. The van der Waals surface area contributed by atoms with Crippen molar-refractivity contribution in [3.8, 4) is 0 Å². The van der Waals surface area contributed by atoms with Crippen LogP contribution in [-0.4, -0.2) is 11.9 Å². The van der Waals surface area contributed by atoms with Crippen molar-refractivity contribution < 1.29 is 13.6 Å². The van der Waals surface area contributed by atoms with Gasteiger partial charge >= 0.3 is 0 Å². The maximum absolute atomic E-state index is 12.9. The lowest BCUT2D eigenvalue weighted by Crippen LogP contribution is -2.38. The molecular weight excluding hydrogens is 307 g/mol. The Morgan fingerprint density at radius 3 is 2.50 bits per heavy atom. The van der Waals surface area contributed by atoms with Crippen molar-refractivity contribution in [3.05, 3.63) is 66.2 Å². The van der Waals surface area contributed by atoms with Gasteiger partial charge in [-0.1, -0.05) is 18.2 Å². The summed E-state index contributed by atoms with van der Waals surface area (Å²) in [6.45, 7) is 3.63. The first-order valence-corrected chi connectivity index (χ1v) is 7.84. The topological polar surface area (TPSA) is 54.3 Å². The van der Waals surface area contributed by atoms with Gasteiger partial charge < -0.3 is 15.1 Å². The molecule has 0 radical (unpaired) electrons. The van der Waals surface area contributed by atoms with Gasteiger partial charge in [-0.05, 0) is 50.2 Å². The van der Waals surface area contributed by atoms with Crippen LogP contribution in [0.1, 0.15) is 25.6 Å². The summed E-state index contributed by atoms with van der Waals surface area (Å²) in [6.07, 6.45) is 0. The van der Waals surface area contributed by atoms with Gasteiger partial charge in [0, 0.05) is 11.1 Å². The molecule has 0 fully saturated rings. The highest BCUT2D eigenvalue weighted by Gasteiger charge is 2.18. The van der Waals surface area contributed by atoms with Gasteiger partial charge in [0.2, 0.25) is 5.91 Å². The number of rotatable bonds is 5. The number of hydrogen-bond acceptors (Lipinski definition) is 3. The fourth-order valence-electron chi connectivity index (χ4n) is 2.49. The summed E-state index contributed by atoms with van der Waals surface area (Å²) in [7, 11) is 0. The molecule has 3 aromatic rings. The highest BCUT2D eigenvalue weighted by molar-refractivity contribution is 5.84. The molecule has 1 heterocycles. The minimum atomic E-state index is -0.456. The summed E-state index contributed by atoms with van der Waals surface area (Å²) >= 11 is 0. The highest BCUT2D eigenvalue weighted by Crippen LogP contribution is 2.23. The monoisotopic (exact) mass is 326 g/mol. The van der Waals surface area contributed by atoms with Crippen molar-refractivity contribution in [3.63, 3.8) is 0 Å². The Labute approximate surface area is 139 Å². The van der Waals surface area contributed by atoms with Crippen molar-refractivity contribution in [2.75, 3.05) is 5.32 Å². The van der Waals surface area contributed by atoms with E-state index in [0.29, 0.717) is 11.4 Å². The maximum atomic E-state index is 12.9. The fraction of sp³-hybridized carbons (Fsp3) is 0.211. The molecular formula is C19H19FN2O2. The van der Waals surface area contributed by atoms with Gasteiger partial charge in [-0.15, -0.1) is 0 Å². The Bertz CT molecular complexity index is 809. The molecule has 0 aliphatic carbocycles. The number of nitrogens with one attached hydrogen (secondary N) is 2. The van der Waals surface area contributed by atoms with E-state index in [9.17, 15) is 9.18 Å². The number of para-hydroxylation sites is 1. The summed E-state index contributed by atoms with van der Waals surface area (Å²) < 4.78 is 18.7. The van der Waals surface area contributed by atoms with Crippen molar-refractivity contribution in [2.24, 2.45) is 0 Å². The van der Waals surface area contributed by atoms with Crippen LogP contribution in [0.3, 0.4) is 0 Å². The number of carbonyl (C=O) groups excluding carboxylic acids is 1. The molecule has 1 aromatic heterocycles. The van der Waals surface area contributed by atoms with E-state index in [0.717, 1.165) is 11.0 Å². The first kappa shape index (κ1) is 16.1. The zero-order valence-electron chi connectivity index (χ0n) is 13.5. The van der Waals surface area contributed by atoms with Crippen LogP contribution in [-0.2, 0) is 4.79 Å². The summed E-state index contributed by atoms with van der Waals surface area (Å²) in [6, 6.07) is 14.8. The molecule has 24 heavy (non-hydrogen) atoms. The zero-order chi connectivity index (χ0) is 17.1. The molecule has 2 N–H and O–H groups in total. The fourth-order valence-corrected chi connectivity index (χ4v) is 2.49. The molecule has 2 aromatic carbocycles. The predicted octanol–water partition coefficient (Wildman–Crippen LogP) is 4.25. The Hall–Kier alpha value is -2.82. The van der Waals surface area contributed by atoms with Gasteiger partial charge in [-0.3, -0.25) is 4.79 Å². The second-order valence-electron chi connectivity index (χ2n) is 5.79. The van der Waals surface area contributed by atoms with E-state index in [1.165, 1.54) is 12.1 Å². The van der Waals surface area contributed by atoms with Gasteiger partial charge in [0.1, 0.15) is 23.2 Å². The first-order chi connectivity index (χ1) is 11.5. The van der Waals surface area contributed by atoms with E-state index in [1.807, 2.05) is 37.3 Å². The highest BCUT2D eigenvalue weighted by atomic mass is 19.1. The number of fused-ring (bicyclic) bond motifs is 1. The molecule has 4 nitrogen and oxygen atoms in total. The third-order valence-electron chi connectivity index (χ3n) is 3.85. The van der Waals surface area contributed by atoms with Gasteiger partial charge in [0.15, 0.2) is 0 Å². The average molecular weight is 326 g/mol. The lowest BCUT2D eigenvalue weighted by Gasteiger charge is -2.18. The quantitative estimate of drug-likeness (QED) is 0.737. The first-order valence-electron chi connectivity index (χ1n) is 7.84. The van der Waals surface area contributed by atoms with E-state index in [2.05, 4.69) is 10.6 Å². The van der Waals surface area contributed by atoms with Crippen LogP contribution in [0.2, 0.25) is 0 Å². The molecule has 0 saturated carbocycles. The van der Waals surface area contributed by atoms with E-state index in [1.54, 1.807) is 19.1 Å². The van der Waals surface area contributed by atoms with Crippen molar-refractivity contribution in [1.82, 2.24) is 5.32 Å². The second-order valence-corrected chi connectivity index (χ2v) is 5.79. The average Bonchev–Trinajstić information content (AvgIpc) is 3.01. The number of carbonyl (C=O) groups is 1. The number of anilines is 1. The summed E-state index contributed by atoms with van der Waals surface area (Å²) in [4.78, 5) is 12.3. The Morgan fingerprint density at radius 1 is 1.08 bits per heavy atom. The number of furan rings is 1. The van der Waals surface area contributed by atoms with Crippen LogP contribution in [0.25, 0.3) is 11.0 Å². The lowest BCUT2D eigenvalue weighted by molar-refractivity contribution is -0.122. The van der Waals surface area contributed by atoms with Crippen LogP contribution in [0.5, 0.6) is 0 Å². The number of halogens is 1. The predicted molar refractivity (Wildman–Crippen MR) is 92.3 cm³/mol. The van der Waals surface area contributed by atoms with Crippen LogP contribution in [0.4, 0.5) is 10.1 Å². The third kappa shape index (κ3) is 3.56. The lowest BCUT2D eigenvalue weighted by atomic mass is 10.2. The number of hydrogen-bond donors (Lipinski definition) is 2. The SMILES string of the molecule is CC(Nc1ccc(F)cc1)C(=O)NC(C)c1cc2ccccc2o1. The standard InChI is InChI=1S/C19H19FN2O2/c1-12(18-11-14-5-3-4-6-17(14)24-18)22-19(23)13(2)21-16-9-7-15(20)8-10-16/h3-13,21H,1-2H3,(H,22,23). The van der Waals surface area contributed by atoms with E-state index < -0.39 is 6.04 Å². The minimum Gasteiger partial charge on any atom is -0.459 e. The minimum absolute atomic E-state index is 0.160. The Morgan fingerprint density at radius 2 is 1.79 bits per heavy atom. The summed E-state index contributed by atoms with van der Waals surface area (Å²) in [5.74, 6) is 0.238. The van der Waals surface area contributed by atoms with Crippen LogP contribution < -0.4 is 10.6 Å². The molecule has 3 rings (SSSR count). The second kappa shape index (κ2) is 6.74. The van der Waals surface area contributed by atoms with Gasteiger partial charge in [0.05, 0.1) is 6.04 Å². The summed E-state index contributed by atoms with van der Waals surface area (Å²) in [5.41, 5.74) is 1.49. The van der Waals surface area contributed by atoms with E-state index in [4.69, 9.17) is 4.42 Å². The molecule has 2 unspecified atom stereocenters. The van der Waals surface area contributed by atoms with Gasteiger partial charge in [-0.2, -0.15) is 0 Å². The van der Waals surface area contributed by atoms with Crippen molar-refractivity contribution >= 4 is 22.6 Å². The number of benzene rings is 2. The zero-order valence-corrected chi connectivity index (χ0v) is 13.5. The molecule has 0 saturated heterocycles. The van der Waals surface area contributed by atoms with Gasteiger partial charge in [-0.25, -0.2) is 4.39 Å². The largest absolute Gasteiger partial charge is 0.459 e. The van der Waals surface area contributed by atoms with Crippen LogP contribution in [0.15, 0.2) is 59.0 Å². The molecule has 0 bridgehead atoms. The van der Waals surface area contributed by atoms with Crippen molar-refractivity contribution in [2.45, 2.75) is 25.9 Å². The van der Waals surface area contributed by atoms with E-state index >= 15 is 0 Å². The van der Waals surface area contributed by atoms with E-state index in [-0.39, 0.29) is 17.8 Å². The van der Waals surface area contributed by atoms with Crippen molar-refractivity contribution in [1.29, 1.82) is 0 Å². The Kier molecular flexibility index (Phi) is 4.51. The maximum Gasteiger partial charge on any atom is 0.242 e. The molecule has 5 heteroatoms.